The van der Waals surface area contributed by atoms with Crippen molar-refractivity contribution in [2.24, 2.45) is 0 Å². The lowest BCUT2D eigenvalue weighted by Crippen LogP contribution is -2.57. The Morgan fingerprint density at radius 3 is 1.60 bits per heavy atom. The molecule has 0 aromatic heterocycles. The van der Waals surface area contributed by atoms with Gasteiger partial charge in [-0.25, -0.2) is 0 Å². The fourth-order valence-corrected chi connectivity index (χ4v) is 0.637. The fraction of sp³-hybridized carbons (Fsp3) is 1.00. The second kappa shape index (κ2) is 4.59. The molecule has 0 aliphatic carbocycles. The van der Waals surface area contributed by atoms with E-state index in [2.05, 4.69) is 4.74 Å². The average Bonchev–Trinajstić information content (AvgIpc) is 2.02. The van der Waals surface area contributed by atoms with Gasteiger partial charge in [0.15, 0.2) is 14.8 Å². The van der Waals surface area contributed by atoms with E-state index in [-0.39, 0.29) is 0 Å². The topological polar surface area (TPSA) is 139 Å². The smallest absolute Gasteiger partial charge is 0.357 e. The molecule has 0 spiro atoms. The van der Waals surface area contributed by atoms with Crippen LogP contribution in [-0.4, -0.2) is 33.3 Å². The molecule has 10 nitrogen and oxygen atoms in total. The van der Waals surface area contributed by atoms with Crippen molar-refractivity contribution in [1.29, 1.82) is 0 Å². The van der Waals surface area contributed by atoms with Gasteiger partial charge in [0.25, 0.3) is 6.61 Å². The molecular weight excluding hydrogens is 214 g/mol. The van der Waals surface area contributed by atoms with Crippen LogP contribution in [0.5, 0.6) is 0 Å². The maximum Gasteiger partial charge on any atom is 0.723 e. The third kappa shape index (κ3) is 2.56. The molecule has 15 heavy (non-hydrogen) atoms. The summed E-state index contributed by atoms with van der Waals surface area (Å²) >= 11 is 0. The van der Waals surface area contributed by atoms with E-state index < -0.39 is 33.3 Å². The number of hydrogen-bond acceptors (Lipinski definition) is 7. The minimum atomic E-state index is -3.52. The molecule has 0 saturated heterocycles. The van der Waals surface area contributed by atoms with Gasteiger partial charge < -0.3 is 4.74 Å². The van der Waals surface area contributed by atoms with E-state index in [1.54, 1.807) is 0 Å². The second-order valence-electron chi connectivity index (χ2n) is 2.91. The molecule has 0 bridgehead atoms. The van der Waals surface area contributed by atoms with Gasteiger partial charge in [-0.15, -0.1) is 0 Å². The first-order chi connectivity index (χ1) is 6.75. The number of rotatable bonds is 6. The quantitative estimate of drug-likeness (QED) is 0.347. The Morgan fingerprint density at radius 2 is 1.40 bits per heavy atom. The minimum absolute atomic E-state index is 0.579. The molecule has 0 aliphatic rings. The first kappa shape index (κ1) is 13.2. The molecule has 0 aromatic carbocycles. The number of hydrogen-bond donors (Lipinski definition) is 0. The summed E-state index contributed by atoms with van der Waals surface area (Å²) in [5, 5.41) is 31.1. The fourth-order valence-electron chi connectivity index (χ4n) is 0.637. The Bertz CT molecular complexity index is 252. The van der Waals surface area contributed by atoms with E-state index in [4.69, 9.17) is 0 Å². The maximum atomic E-state index is 10.4. The molecule has 0 heterocycles. The SMILES string of the molecule is CC(C)OCC([N+](=O)[O-])([N+](=O)[O-])[N+](=O)[O-]. The predicted molar refractivity (Wildman–Crippen MR) is 44.8 cm³/mol. The van der Waals surface area contributed by atoms with Crippen molar-refractivity contribution in [3.8, 4) is 0 Å². The Morgan fingerprint density at radius 1 is 1.07 bits per heavy atom. The van der Waals surface area contributed by atoms with Crippen molar-refractivity contribution in [2.45, 2.75) is 25.7 Å². The van der Waals surface area contributed by atoms with E-state index in [1.807, 2.05) is 0 Å². The molecule has 0 unspecified atom stereocenters. The number of ether oxygens (including phenoxy) is 1. The summed E-state index contributed by atoms with van der Waals surface area (Å²) in [5.74, 6) is -3.52. The van der Waals surface area contributed by atoms with Gasteiger partial charge in [-0.2, -0.15) is 0 Å². The van der Waals surface area contributed by atoms with Crippen molar-refractivity contribution in [3.05, 3.63) is 30.3 Å². The van der Waals surface area contributed by atoms with E-state index >= 15 is 0 Å². The van der Waals surface area contributed by atoms with E-state index in [9.17, 15) is 30.3 Å². The molecule has 10 heteroatoms. The van der Waals surface area contributed by atoms with Crippen LogP contribution in [0.25, 0.3) is 0 Å². The Balaban J connectivity index is 5.07. The Labute approximate surface area is 83.3 Å². The lowest BCUT2D eigenvalue weighted by molar-refractivity contribution is -0.970. The van der Waals surface area contributed by atoms with Gasteiger partial charge in [0.2, 0.25) is 0 Å². The zero-order valence-electron chi connectivity index (χ0n) is 7.98. The summed E-state index contributed by atoms with van der Waals surface area (Å²) in [6, 6.07) is 0. The summed E-state index contributed by atoms with van der Waals surface area (Å²) in [5.41, 5.74) is 0. The van der Waals surface area contributed by atoms with Crippen molar-refractivity contribution in [1.82, 2.24) is 0 Å². The summed E-state index contributed by atoms with van der Waals surface area (Å²) < 4.78 is 4.57. The van der Waals surface area contributed by atoms with Crippen LogP contribution in [0.1, 0.15) is 13.8 Å². The van der Waals surface area contributed by atoms with Gasteiger partial charge in [-0.05, 0) is 13.8 Å². The van der Waals surface area contributed by atoms with Gasteiger partial charge in [-0.3, -0.25) is 30.3 Å². The number of nitrogens with zero attached hydrogens (tertiary/aromatic N) is 3. The minimum Gasteiger partial charge on any atom is -0.357 e. The van der Waals surface area contributed by atoms with E-state index in [1.165, 1.54) is 13.8 Å². The van der Waals surface area contributed by atoms with Crippen LogP contribution in [0.15, 0.2) is 0 Å². The molecule has 0 rings (SSSR count). The first-order valence-electron chi connectivity index (χ1n) is 3.80. The van der Waals surface area contributed by atoms with Crippen molar-refractivity contribution in [2.75, 3.05) is 6.61 Å². The highest BCUT2D eigenvalue weighted by Crippen LogP contribution is 2.13. The highest BCUT2D eigenvalue weighted by molar-refractivity contribution is 4.52. The van der Waals surface area contributed by atoms with Crippen LogP contribution in [-0.2, 0) is 4.74 Å². The summed E-state index contributed by atoms with van der Waals surface area (Å²) in [6.45, 7) is 1.69. The van der Waals surface area contributed by atoms with E-state index in [0.29, 0.717) is 0 Å². The maximum absolute atomic E-state index is 10.4. The molecule has 0 fully saturated rings. The average molecular weight is 223 g/mol. The summed E-state index contributed by atoms with van der Waals surface area (Å²) in [6.07, 6.45) is -0.579. The predicted octanol–water partition coefficient (Wildman–Crippen LogP) is -0.105. The summed E-state index contributed by atoms with van der Waals surface area (Å²) in [7, 11) is 0. The molecule has 0 amide bonds. The lowest BCUT2D eigenvalue weighted by Gasteiger charge is -2.10. The monoisotopic (exact) mass is 223 g/mol. The van der Waals surface area contributed by atoms with Gasteiger partial charge in [0, 0.05) is 0 Å². The second-order valence-corrected chi connectivity index (χ2v) is 2.91. The zero-order chi connectivity index (χ0) is 12.2. The molecule has 0 aromatic rings. The van der Waals surface area contributed by atoms with Crippen LogP contribution in [0.4, 0.5) is 0 Å². The van der Waals surface area contributed by atoms with Crippen molar-refractivity contribution >= 4 is 0 Å². The molecule has 0 aliphatic heterocycles. The van der Waals surface area contributed by atoms with Gasteiger partial charge in [0.05, 0.1) is 6.10 Å². The Kier molecular flexibility index (Phi) is 4.03. The van der Waals surface area contributed by atoms with Gasteiger partial charge in [-0.1, -0.05) is 0 Å². The summed E-state index contributed by atoms with van der Waals surface area (Å²) in [4.78, 5) is 26.4. The third-order valence-electron chi connectivity index (χ3n) is 1.49. The zero-order valence-corrected chi connectivity index (χ0v) is 7.98. The van der Waals surface area contributed by atoms with Crippen LogP contribution in [0, 0.1) is 30.3 Å². The standard InChI is InChI=1S/C5H9N3O7/c1-4(2)15-3-5(6(9)10,7(11)12)8(13)14/h4H,3H2,1-2H3. The molecular formula is C5H9N3O7. The van der Waals surface area contributed by atoms with Crippen molar-refractivity contribution < 1.29 is 19.5 Å². The first-order valence-corrected chi connectivity index (χ1v) is 3.80. The molecule has 0 radical (unpaired) electrons. The van der Waals surface area contributed by atoms with Gasteiger partial charge in [0.1, 0.15) is 0 Å². The third-order valence-corrected chi connectivity index (χ3v) is 1.49. The lowest BCUT2D eigenvalue weighted by atomic mass is 10.4. The van der Waals surface area contributed by atoms with Crippen LogP contribution >= 0.6 is 0 Å². The molecule has 0 atom stereocenters. The van der Waals surface area contributed by atoms with E-state index in [0.717, 1.165) is 0 Å². The highest BCUT2D eigenvalue weighted by atomic mass is 16.7. The van der Waals surface area contributed by atoms with Crippen LogP contribution < -0.4 is 0 Å². The Hall–Kier alpha value is -1.84. The molecule has 86 valence electrons. The largest absolute Gasteiger partial charge is 0.723 e. The van der Waals surface area contributed by atoms with Crippen LogP contribution in [0.3, 0.4) is 0 Å². The highest BCUT2D eigenvalue weighted by Gasteiger charge is 2.71. The molecule has 0 saturated carbocycles. The normalized spacial score (nSPS) is 11.4. The van der Waals surface area contributed by atoms with Gasteiger partial charge >= 0.3 is 5.79 Å². The van der Waals surface area contributed by atoms with Crippen LogP contribution in [0.2, 0.25) is 0 Å². The molecule has 0 N–H and O–H groups in total. The van der Waals surface area contributed by atoms with Crippen molar-refractivity contribution in [3.63, 3.8) is 0 Å². The number of nitro groups is 3.